The Kier molecular flexibility index (Phi) is 2.42. The van der Waals surface area contributed by atoms with Crippen molar-refractivity contribution < 1.29 is 9.53 Å². The molecule has 0 N–H and O–H groups in total. The van der Waals surface area contributed by atoms with Crippen LogP contribution in [0.1, 0.15) is 15.9 Å². The lowest BCUT2D eigenvalue weighted by atomic mass is 10.0. The Labute approximate surface area is 88.5 Å². The van der Waals surface area contributed by atoms with E-state index in [9.17, 15) is 4.79 Å². The lowest BCUT2D eigenvalue weighted by Gasteiger charge is -2.06. The topological polar surface area (TPSA) is 26.3 Å². The van der Waals surface area contributed by atoms with Gasteiger partial charge in [-0.25, -0.2) is 0 Å². The number of benzene rings is 2. The van der Waals surface area contributed by atoms with Gasteiger partial charge in [0.1, 0.15) is 12.0 Å². The standard InChI is InChI=1S/C13H12O2/c1-9-11(8-14)4-3-10-7-12(15-2)5-6-13(9)10/h3-8H,1-2H3. The van der Waals surface area contributed by atoms with Crippen molar-refractivity contribution in [2.24, 2.45) is 0 Å². The molecule has 0 heterocycles. The molecule has 0 spiro atoms. The lowest BCUT2D eigenvalue weighted by molar-refractivity contribution is 0.112. The Bertz CT molecular complexity index is 515. The Morgan fingerprint density at radius 1 is 1.20 bits per heavy atom. The Hall–Kier alpha value is -1.83. The molecule has 0 aromatic heterocycles. The van der Waals surface area contributed by atoms with E-state index in [4.69, 9.17) is 4.74 Å². The van der Waals surface area contributed by atoms with Crippen LogP contribution >= 0.6 is 0 Å². The fourth-order valence-corrected chi connectivity index (χ4v) is 1.73. The fraction of sp³-hybridized carbons (Fsp3) is 0.154. The summed E-state index contributed by atoms with van der Waals surface area (Å²) in [5.41, 5.74) is 1.76. The van der Waals surface area contributed by atoms with E-state index in [-0.39, 0.29) is 0 Å². The van der Waals surface area contributed by atoms with Crippen molar-refractivity contribution >= 4 is 17.1 Å². The third-order valence-corrected chi connectivity index (χ3v) is 2.67. The highest BCUT2D eigenvalue weighted by Gasteiger charge is 2.03. The number of hydrogen-bond donors (Lipinski definition) is 0. The second-order valence-electron chi connectivity index (χ2n) is 3.48. The van der Waals surface area contributed by atoms with E-state index >= 15 is 0 Å². The van der Waals surface area contributed by atoms with Gasteiger partial charge in [0, 0.05) is 5.56 Å². The quantitative estimate of drug-likeness (QED) is 0.696. The molecule has 0 atom stereocenters. The molecule has 0 aliphatic carbocycles. The molecule has 0 fully saturated rings. The number of ether oxygens (including phenoxy) is 1. The average molecular weight is 200 g/mol. The van der Waals surface area contributed by atoms with Crippen molar-refractivity contribution in [2.45, 2.75) is 6.92 Å². The molecule has 76 valence electrons. The summed E-state index contributed by atoms with van der Waals surface area (Å²) in [6, 6.07) is 9.63. The molecule has 0 radical (unpaired) electrons. The predicted octanol–water partition coefficient (Wildman–Crippen LogP) is 2.97. The van der Waals surface area contributed by atoms with Crippen LogP contribution < -0.4 is 4.74 Å². The van der Waals surface area contributed by atoms with Crippen molar-refractivity contribution in [1.82, 2.24) is 0 Å². The van der Waals surface area contributed by atoms with Crippen LogP contribution in [0.4, 0.5) is 0 Å². The monoisotopic (exact) mass is 200 g/mol. The van der Waals surface area contributed by atoms with Crippen LogP contribution in [0.2, 0.25) is 0 Å². The lowest BCUT2D eigenvalue weighted by Crippen LogP contribution is -1.89. The molecule has 0 aliphatic heterocycles. The minimum atomic E-state index is 0.743. The smallest absolute Gasteiger partial charge is 0.150 e. The first kappa shape index (κ1) is 9.71. The highest BCUT2D eigenvalue weighted by Crippen LogP contribution is 2.24. The van der Waals surface area contributed by atoms with Crippen molar-refractivity contribution in [1.29, 1.82) is 0 Å². The Balaban J connectivity index is 2.73. The summed E-state index contributed by atoms with van der Waals surface area (Å²) in [6.45, 7) is 1.96. The zero-order valence-corrected chi connectivity index (χ0v) is 8.78. The zero-order chi connectivity index (χ0) is 10.8. The molecular formula is C13H12O2. The third kappa shape index (κ3) is 1.59. The molecule has 2 aromatic carbocycles. The van der Waals surface area contributed by atoms with Gasteiger partial charge in [0.05, 0.1) is 7.11 Å². The highest BCUT2D eigenvalue weighted by molar-refractivity contribution is 5.93. The van der Waals surface area contributed by atoms with Crippen LogP contribution in [0, 0.1) is 6.92 Å². The number of aryl methyl sites for hydroxylation is 1. The van der Waals surface area contributed by atoms with Crippen LogP contribution in [0.5, 0.6) is 5.75 Å². The summed E-state index contributed by atoms with van der Waals surface area (Å²) in [6.07, 6.45) is 0.888. The molecule has 2 heteroatoms. The maximum atomic E-state index is 10.8. The number of carbonyl (C=O) groups excluding carboxylic acids is 1. The average Bonchev–Trinajstić information content (AvgIpc) is 2.29. The summed E-state index contributed by atoms with van der Waals surface area (Å²) in [4.78, 5) is 10.8. The number of carbonyl (C=O) groups is 1. The molecule has 0 amide bonds. The van der Waals surface area contributed by atoms with Crippen molar-refractivity contribution in [3.8, 4) is 5.75 Å². The van der Waals surface area contributed by atoms with E-state index in [1.165, 1.54) is 0 Å². The first-order valence-corrected chi connectivity index (χ1v) is 4.79. The van der Waals surface area contributed by atoms with Crippen LogP contribution in [-0.4, -0.2) is 13.4 Å². The van der Waals surface area contributed by atoms with Crippen molar-refractivity contribution in [3.05, 3.63) is 41.5 Å². The number of methoxy groups -OCH3 is 1. The molecule has 0 unspecified atom stereocenters. The van der Waals surface area contributed by atoms with Crippen molar-refractivity contribution in [2.75, 3.05) is 7.11 Å². The zero-order valence-electron chi connectivity index (χ0n) is 8.78. The van der Waals surface area contributed by atoms with E-state index in [0.717, 1.165) is 33.9 Å². The van der Waals surface area contributed by atoms with Crippen LogP contribution in [-0.2, 0) is 0 Å². The third-order valence-electron chi connectivity index (χ3n) is 2.67. The Morgan fingerprint density at radius 2 is 2.00 bits per heavy atom. The van der Waals surface area contributed by atoms with E-state index in [1.807, 2.05) is 37.3 Å². The van der Waals surface area contributed by atoms with E-state index in [2.05, 4.69) is 0 Å². The number of aldehydes is 1. The number of hydrogen-bond acceptors (Lipinski definition) is 2. The molecule has 2 aromatic rings. The van der Waals surface area contributed by atoms with Gasteiger partial charge in [-0.1, -0.05) is 18.2 Å². The maximum Gasteiger partial charge on any atom is 0.150 e. The van der Waals surface area contributed by atoms with Gasteiger partial charge in [-0.15, -0.1) is 0 Å². The van der Waals surface area contributed by atoms with Crippen molar-refractivity contribution in [3.63, 3.8) is 0 Å². The van der Waals surface area contributed by atoms with Gasteiger partial charge in [0.25, 0.3) is 0 Å². The van der Waals surface area contributed by atoms with Gasteiger partial charge in [-0.2, -0.15) is 0 Å². The number of rotatable bonds is 2. The van der Waals surface area contributed by atoms with Gasteiger partial charge in [-0.05, 0) is 35.4 Å². The summed E-state index contributed by atoms with van der Waals surface area (Å²) < 4.78 is 5.15. The van der Waals surface area contributed by atoms with Crippen LogP contribution in [0.15, 0.2) is 30.3 Å². The molecule has 2 nitrogen and oxygen atoms in total. The molecular weight excluding hydrogens is 188 g/mol. The minimum absolute atomic E-state index is 0.743. The maximum absolute atomic E-state index is 10.8. The predicted molar refractivity (Wildman–Crippen MR) is 60.6 cm³/mol. The largest absolute Gasteiger partial charge is 0.497 e. The summed E-state index contributed by atoms with van der Waals surface area (Å²) >= 11 is 0. The molecule has 15 heavy (non-hydrogen) atoms. The molecule has 0 bridgehead atoms. The highest BCUT2D eigenvalue weighted by atomic mass is 16.5. The Morgan fingerprint density at radius 3 is 2.67 bits per heavy atom. The molecule has 0 saturated heterocycles. The SMILES string of the molecule is COc1ccc2c(C)c(C=O)ccc2c1. The van der Waals surface area contributed by atoms with Crippen LogP contribution in [0.3, 0.4) is 0 Å². The van der Waals surface area contributed by atoms with E-state index in [0.29, 0.717) is 0 Å². The second kappa shape index (κ2) is 3.73. The fourth-order valence-electron chi connectivity index (χ4n) is 1.73. The van der Waals surface area contributed by atoms with Gasteiger partial charge in [0.2, 0.25) is 0 Å². The van der Waals surface area contributed by atoms with Gasteiger partial charge in [-0.3, -0.25) is 4.79 Å². The van der Waals surface area contributed by atoms with E-state index < -0.39 is 0 Å². The van der Waals surface area contributed by atoms with Gasteiger partial charge < -0.3 is 4.74 Å². The van der Waals surface area contributed by atoms with E-state index in [1.54, 1.807) is 7.11 Å². The first-order valence-electron chi connectivity index (χ1n) is 4.79. The second-order valence-corrected chi connectivity index (χ2v) is 3.48. The van der Waals surface area contributed by atoms with Crippen LogP contribution in [0.25, 0.3) is 10.8 Å². The number of fused-ring (bicyclic) bond motifs is 1. The summed E-state index contributed by atoms with van der Waals surface area (Å²) in [5, 5.41) is 2.19. The molecule has 0 saturated carbocycles. The summed E-state index contributed by atoms with van der Waals surface area (Å²) in [5.74, 6) is 0.834. The molecule has 2 rings (SSSR count). The molecule has 0 aliphatic rings. The first-order chi connectivity index (χ1) is 7.26. The van der Waals surface area contributed by atoms with Gasteiger partial charge >= 0.3 is 0 Å². The summed E-state index contributed by atoms with van der Waals surface area (Å²) in [7, 11) is 1.65. The van der Waals surface area contributed by atoms with Gasteiger partial charge in [0.15, 0.2) is 0 Å². The normalized spacial score (nSPS) is 10.3. The minimum Gasteiger partial charge on any atom is -0.497 e.